The minimum atomic E-state index is -0.332. The first kappa shape index (κ1) is 11.4. The second kappa shape index (κ2) is 4.85. The first-order valence-electron chi connectivity index (χ1n) is 6.30. The number of carbonyl (C=O) groups excluding carboxylic acids is 1. The number of amides is 1. The molecule has 0 aromatic carbocycles. The molecule has 1 unspecified atom stereocenters. The van der Waals surface area contributed by atoms with E-state index in [1.54, 1.807) is 0 Å². The third-order valence-corrected chi connectivity index (χ3v) is 3.42. The Hall–Kier alpha value is -1.06. The maximum Gasteiger partial charge on any atom is 0.244 e. The average molecular weight is 223 g/mol. The van der Waals surface area contributed by atoms with Crippen molar-refractivity contribution >= 4 is 11.7 Å². The van der Waals surface area contributed by atoms with E-state index in [0.29, 0.717) is 17.8 Å². The summed E-state index contributed by atoms with van der Waals surface area (Å²) in [5, 5.41) is 2.95. The molecule has 0 aliphatic heterocycles. The lowest BCUT2D eigenvalue weighted by Gasteiger charge is -2.12. The predicted molar refractivity (Wildman–Crippen MR) is 64.2 cm³/mol. The van der Waals surface area contributed by atoms with Gasteiger partial charge in [0.2, 0.25) is 5.91 Å². The van der Waals surface area contributed by atoms with Gasteiger partial charge in [-0.2, -0.15) is 0 Å². The molecule has 0 spiro atoms. The van der Waals surface area contributed by atoms with Gasteiger partial charge in [-0.25, -0.2) is 0 Å². The maximum absolute atomic E-state index is 11.7. The summed E-state index contributed by atoms with van der Waals surface area (Å²) in [6.45, 7) is 1.82. The Morgan fingerprint density at radius 1 is 1.31 bits per heavy atom. The van der Waals surface area contributed by atoms with Gasteiger partial charge in [0.25, 0.3) is 0 Å². The largest absolute Gasteiger partial charge is 0.387 e. The SMILES string of the molecule is CC(N=C(N)C1CCCC1)C(=O)NC1CC1. The van der Waals surface area contributed by atoms with Crippen LogP contribution in [-0.2, 0) is 4.79 Å². The number of hydrogen-bond donors (Lipinski definition) is 2. The fourth-order valence-corrected chi connectivity index (χ4v) is 2.16. The van der Waals surface area contributed by atoms with Crippen molar-refractivity contribution in [3.63, 3.8) is 0 Å². The molecule has 0 aromatic rings. The van der Waals surface area contributed by atoms with Crippen molar-refractivity contribution in [2.75, 3.05) is 0 Å². The van der Waals surface area contributed by atoms with Crippen molar-refractivity contribution < 1.29 is 4.79 Å². The summed E-state index contributed by atoms with van der Waals surface area (Å²) in [7, 11) is 0. The van der Waals surface area contributed by atoms with Crippen molar-refractivity contribution in [2.24, 2.45) is 16.6 Å². The van der Waals surface area contributed by atoms with E-state index in [-0.39, 0.29) is 11.9 Å². The van der Waals surface area contributed by atoms with Crippen LogP contribution in [0, 0.1) is 5.92 Å². The average Bonchev–Trinajstić information content (AvgIpc) is 2.89. The van der Waals surface area contributed by atoms with E-state index in [1.165, 1.54) is 12.8 Å². The first-order chi connectivity index (χ1) is 7.66. The standard InChI is InChI=1S/C12H21N3O/c1-8(12(16)15-10-6-7-10)14-11(13)9-4-2-3-5-9/h8-10H,2-7H2,1H3,(H2,13,14)(H,15,16). The highest BCUT2D eigenvalue weighted by Gasteiger charge is 2.26. The Bertz CT molecular complexity index is 291. The molecule has 0 heterocycles. The normalized spacial score (nSPS) is 24.4. The predicted octanol–water partition coefficient (Wildman–Crippen LogP) is 1.20. The number of hydrogen-bond acceptors (Lipinski definition) is 2. The number of nitrogens with two attached hydrogens (primary N) is 1. The molecule has 1 atom stereocenters. The quantitative estimate of drug-likeness (QED) is 0.555. The number of rotatable bonds is 4. The zero-order valence-corrected chi connectivity index (χ0v) is 9.91. The van der Waals surface area contributed by atoms with Crippen molar-refractivity contribution in [1.82, 2.24) is 5.32 Å². The van der Waals surface area contributed by atoms with Gasteiger partial charge < -0.3 is 11.1 Å². The minimum absolute atomic E-state index is 0.0171. The molecule has 0 bridgehead atoms. The molecule has 4 nitrogen and oxygen atoms in total. The van der Waals surface area contributed by atoms with Crippen LogP contribution >= 0.6 is 0 Å². The molecule has 1 amide bonds. The first-order valence-corrected chi connectivity index (χ1v) is 6.30. The van der Waals surface area contributed by atoms with E-state index in [0.717, 1.165) is 25.7 Å². The second-order valence-electron chi connectivity index (χ2n) is 4.99. The highest BCUT2D eigenvalue weighted by atomic mass is 16.2. The zero-order valence-electron chi connectivity index (χ0n) is 9.91. The summed E-state index contributed by atoms with van der Waals surface area (Å²) in [5.74, 6) is 1.11. The number of carbonyl (C=O) groups is 1. The summed E-state index contributed by atoms with van der Waals surface area (Å²) in [4.78, 5) is 16.0. The Kier molecular flexibility index (Phi) is 3.46. The summed E-state index contributed by atoms with van der Waals surface area (Å²) in [6.07, 6.45) is 6.96. The fraction of sp³-hybridized carbons (Fsp3) is 0.833. The molecular formula is C12H21N3O. The molecule has 0 aromatic heterocycles. The molecule has 0 saturated heterocycles. The van der Waals surface area contributed by atoms with Gasteiger partial charge >= 0.3 is 0 Å². The fourth-order valence-electron chi connectivity index (χ4n) is 2.16. The lowest BCUT2D eigenvalue weighted by Crippen LogP contribution is -2.35. The van der Waals surface area contributed by atoms with E-state index < -0.39 is 0 Å². The van der Waals surface area contributed by atoms with E-state index in [4.69, 9.17) is 5.73 Å². The smallest absolute Gasteiger partial charge is 0.244 e. The van der Waals surface area contributed by atoms with Crippen LogP contribution in [0.5, 0.6) is 0 Å². The topological polar surface area (TPSA) is 67.5 Å². The van der Waals surface area contributed by atoms with Gasteiger partial charge in [0.05, 0.1) is 5.84 Å². The minimum Gasteiger partial charge on any atom is -0.387 e. The highest BCUT2D eigenvalue weighted by Crippen LogP contribution is 2.25. The van der Waals surface area contributed by atoms with E-state index in [1.807, 2.05) is 6.92 Å². The lowest BCUT2D eigenvalue weighted by molar-refractivity contribution is -0.122. The van der Waals surface area contributed by atoms with E-state index in [9.17, 15) is 4.79 Å². The molecule has 0 radical (unpaired) electrons. The van der Waals surface area contributed by atoms with Crippen LogP contribution in [0.15, 0.2) is 4.99 Å². The molecule has 4 heteroatoms. The molecular weight excluding hydrogens is 202 g/mol. The number of nitrogens with one attached hydrogen (secondary N) is 1. The molecule has 16 heavy (non-hydrogen) atoms. The third-order valence-electron chi connectivity index (χ3n) is 3.42. The van der Waals surface area contributed by atoms with Gasteiger partial charge in [-0.1, -0.05) is 12.8 Å². The number of nitrogens with zero attached hydrogens (tertiary/aromatic N) is 1. The zero-order chi connectivity index (χ0) is 11.5. The van der Waals surface area contributed by atoms with Gasteiger partial charge in [0.15, 0.2) is 0 Å². The van der Waals surface area contributed by atoms with Crippen LogP contribution in [0.4, 0.5) is 0 Å². The molecule has 2 fully saturated rings. The maximum atomic E-state index is 11.7. The summed E-state index contributed by atoms with van der Waals surface area (Å²) in [5.41, 5.74) is 5.93. The Labute approximate surface area is 96.7 Å². The molecule has 3 N–H and O–H groups in total. The van der Waals surface area contributed by atoms with Crippen LogP contribution in [0.2, 0.25) is 0 Å². The molecule has 2 rings (SSSR count). The van der Waals surface area contributed by atoms with Gasteiger partial charge in [-0.3, -0.25) is 9.79 Å². The van der Waals surface area contributed by atoms with E-state index in [2.05, 4.69) is 10.3 Å². The Balaban J connectivity index is 1.85. The molecule has 2 aliphatic carbocycles. The van der Waals surface area contributed by atoms with Gasteiger partial charge in [0.1, 0.15) is 6.04 Å². The Morgan fingerprint density at radius 2 is 1.94 bits per heavy atom. The van der Waals surface area contributed by atoms with Crippen LogP contribution in [0.25, 0.3) is 0 Å². The summed E-state index contributed by atoms with van der Waals surface area (Å²) in [6, 6.07) is 0.0686. The lowest BCUT2D eigenvalue weighted by atomic mass is 10.1. The van der Waals surface area contributed by atoms with Crippen LogP contribution < -0.4 is 11.1 Å². The number of aliphatic imine (C=N–C) groups is 1. The van der Waals surface area contributed by atoms with Crippen LogP contribution in [-0.4, -0.2) is 23.8 Å². The van der Waals surface area contributed by atoms with Crippen molar-refractivity contribution in [3.8, 4) is 0 Å². The van der Waals surface area contributed by atoms with Crippen LogP contribution in [0.1, 0.15) is 45.4 Å². The second-order valence-corrected chi connectivity index (χ2v) is 4.99. The highest BCUT2D eigenvalue weighted by molar-refractivity contribution is 5.88. The van der Waals surface area contributed by atoms with Crippen molar-refractivity contribution in [1.29, 1.82) is 0 Å². The molecule has 2 aliphatic rings. The van der Waals surface area contributed by atoms with Crippen LogP contribution in [0.3, 0.4) is 0 Å². The molecule has 90 valence electrons. The summed E-state index contributed by atoms with van der Waals surface area (Å²) < 4.78 is 0. The van der Waals surface area contributed by atoms with Crippen molar-refractivity contribution in [3.05, 3.63) is 0 Å². The molecule has 2 saturated carbocycles. The van der Waals surface area contributed by atoms with Gasteiger partial charge in [0, 0.05) is 12.0 Å². The van der Waals surface area contributed by atoms with Gasteiger partial charge in [-0.05, 0) is 32.6 Å². The van der Waals surface area contributed by atoms with E-state index >= 15 is 0 Å². The van der Waals surface area contributed by atoms with Crippen molar-refractivity contribution in [2.45, 2.75) is 57.5 Å². The summed E-state index contributed by atoms with van der Waals surface area (Å²) >= 11 is 0. The van der Waals surface area contributed by atoms with Gasteiger partial charge in [-0.15, -0.1) is 0 Å². The number of amidine groups is 1. The third kappa shape index (κ3) is 2.97. The monoisotopic (exact) mass is 223 g/mol. The Morgan fingerprint density at radius 3 is 2.50 bits per heavy atom.